The van der Waals surface area contributed by atoms with E-state index in [1.165, 1.54) is 18.9 Å². The van der Waals surface area contributed by atoms with Gasteiger partial charge in [0, 0.05) is 9.79 Å². The minimum Gasteiger partial charge on any atom is -0.468 e. The monoisotopic (exact) mass is 330 g/mol. The molecule has 2 nitrogen and oxygen atoms in total. The molecule has 0 aromatic heterocycles. The van der Waals surface area contributed by atoms with Crippen molar-refractivity contribution in [3.63, 3.8) is 0 Å². The van der Waals surface area contributed by atoms with E-state index in [1.807, 2.05) is 61.5 Å². The fourth-order valence-electron chi connectivity index (χ4n) is 1.83. The maximum atomic E-state index is 12.0. The van der Waals surface area contributed by atoms with Crippen molar-refractivity contribution >= 4 is 29.5 Å². The molecule has 0 fully saturated rings. The Morgan fingerprint density at radius 3 is 2.09 bits per heavy atom. The van der Waals surface area contributed by atoms with Gasteiger partial charge in [0.25, 0.3) is 0 Å². The molecule has 1 atom stereocenters. The average Bonchev–Trinajstić information content (AvgIpc) is 2.55. The number of carbonyl (C=O) groups excluding carboxylic acids is 1. The first-order chi connectivity index (χ1) is 10.7. The fourth-order valence-corrected chi connectivity index (χ4v) is 3.86. The minimum absolute atomic E-state index is 0.234. The van der Waals surface area contributed by atoms with Gasteiger partial charge in [-0.2, -0.15) is 0 Å². The molecule has 0 N–H and O–H groups in total. The highest BCUT2D eigenvalue weighted by atomic mass is 32.2. The normalized spacial score (nSPS) is 12.7. The van der Waals surface area contributed by atoms with Crippen LogP contribution in [0, 0.1) is 0 Å². The Kier molecular flexibility index (Phi) is 6.62. The molecule has 0 aliphatic rings. The molecule has 0 amide bonds. The van der Waals surface area contributed by atoms with Gasteiger partial charge < -0.3 is 4.74 Å². The zero-order chi connectivity index (χ0) is 15.8. The number of ether oxygens (including phenoxy) is 1. The second-order valence-electron chi connectivity index (χ2n) is 4.57. The molecule has 0 saturated carbocycles. The van der Waals surface area contributed by atoms with Crippen molar-refractivity contribution in [2.75, 3.05) is 7.11 Å². The van der Waals surface area contributed by atoms with Gasteiger partial charge in [-0.05, 0) is 36.1 Å². The number of benzene rings is 2. The van der Waals surface area contributed by atoms with Crippen LogP contribution in [-0.4, -0.2) is 18.3 Å². The molecular weight excluding hydrogens is 312 g/mol. The van der Waals surface area contributed by atoms with Crippen molar-refractivity contribution in [1.29, 1.82) is 0 Å². The van der Waals surface area contributed by atoms with Gasteiger partial charge >= 0.3 is 5.97 Å². The van der Waals surface area contributed by atoms with Gasteiger partial charge in [-0.3, -0.25) is 4.79 Å². The van der Waals surface area contributed by atoms with Gasteiger partial charge in [0.2, 0.25) is 0 Å². The quantitative estimate of drug-likeness (QED) is 0.549. The van der Waals surface area contributed by atoms with Gasteiger partial charge in [-0.15, -0.1) is 11.8 Å². The molecular formula is C18H18O2S2. The van der Waals surface area contributed by atoms with Crippen LogP contribution < -0.4 is 0 Å². The molecule has 0 heterocycles. The van der Waals surface area contributed by atoms with Gasteiger partial charge in [0.1, 0.15) is 5.25 Å². The first-order valence-corrected chi connectivity index (χ1v) is 8.59. The van der Waals surface area contributed by atoms with Crippen LogP contribution in [0.15, 0.2) is 81.4 Å². The predicted octanol–water partition coefficient (Wildman–Crippen LogP) is 5.02. The minimum atomic E-state index is -0.344. The molecule has 0 bridgehead atoms. The fraction of sp³-hybridized carbons (Fsp3) is 0.167. The second-order valence-corrected chi connectivity index (χ2v) is 7.10. The molecule has 2 aromatic carbocycles. The third-order valence-electron chi connectivity index (χ3n) is 2.85. The number of carbonyl (C=O) groups is 1. The molecule has 0 spiro atoms. The van der Waals surface area contributed by atoms with Crippen molar-refractivity contribution in [3.8, 4) is 0 Å². The van der Waals surface area contributed by atoms with Gasteiger partial charge in [-0.1, -0.05) is 54.2 Å². The molecule has 0 saturated heterocycles. The topological polar surface area (TPSA) is 26.3 Å². The summed E-state index contributed by atoms with van der Waals surface area (Å²) >= 11 is 3.15. The highest BCUT2D eigenvalue weighted by molar-refractivity contribution is 8.03. The van der Waals surface area contributed by atoms with E-state index in [-0.39, 0.29) is 11.2 Å². The first-order valence-electron chi connectivity index (χ1n) is 6.90. The summed E-state index contributed by atoms with van der Waals surface area (Å²) < 4.78 is 4.92. The number of esters is 1. The lowest BCUT2D eigenvalue weighted by molar-refractivity contribution is -0.139. The van der Waals surface area contributed by atoms with Gasteiger partial charge in [0.15, 0.2) is 0 Å². The first kappa shape index (κ1) is 16.7. The van der Waals surface area contributed by atoms with Gasteiger partial charge in [-0.25, -0.2) is 0 Å². The Hall–Kier alpha value is -1.65. The van der Waals surface area contributed by atoms with Crippen molar-refractivity contribution in [3.05, 3.63) is 71.6 Å². The van der Waals surface area contributed by atoms with Crippen LogP contribution in [-0.2, 0) is 9.53 Å². The summed E-state index contributed by atoms with van der Waals surface area (Å²) in [5.74, 6) is -0.234. The molecule has 4 heteroatoms. The smallest absolute Gasteiger partial charge is 0.323 e. The van der Waals surface area contributed by atoms with E-state index in [4.69, 9.17) is 4.74 Å². The number of hydrogen-bond acceptors (Lipinski definition) is 4. The summed E-state index contributed by atoms with van der Waals surface area (Å²) in [5, 5.41) is -0.344. The molecule has 22 heavy (non-hydrogen) atoms. The van der Waals surface area contributed by atoms with Crippen molar-refractivity contribution in [1.82, 2.24) is 0 Å². The van der Waals surface area contributed by atoms with Crippen LogP contribution in [0.1, 0.15) is 6.92 Å². The molecule has 1 unspecified atom stereocenters. The maximum Gasteiger partial charge on any atom is 0.323 e. The number of allylic oxidation sites excluding steroid dienone is 1. The molecule has 2 aromatic rings. The summed E-state index contributed by atoms with van der Waals surface area (Å²) in [6.07, 6.45) is 1.96. The Labute approximate surface area is 140 Å². The third-order valence-corrected chi connectivity index (χ3v) is 4.94. The van der Waals surface area contributed by atoms with E-state index >= 15 is 0 Å². The number of rotatable bonds is 6. The standard InChI is InChI=1S/C18H18O2S2/c1-14(21-15-9-5-3-6-10-15)13-17(18(19)20-2)22-16-11-7-4-8-12-16/h3-13,17H,1-2H3/b14-13-. The Balaban J connectivity index is 2.11. The molecule has 0 aliphatic carbocycles. The summed E-state index contributed by atoms with van der Waals surface area (Å²) in [5.41, 5.74) is 0. The van der Waals surface area contributed by atoms with Crippen molar-refractivity contribution in [2.24, 2.45) is 0 Å². The van der Waals surface area contributed by atoms with Crippen molar-refractivity contribution < 1.29 is 9.53 Å². The van der Waals surface area contributed by atoms with Crippen LogP contribution in [0.2, 0.25) is 0 Å². The van der Waals surface area contributed by atoms with E-state index in [9.17, 15) is 4.79 Å². The predicted molar refractivity (Wildman–Crippen MR) is 94.2 cm³/mol. The highest BCUT2D eigenvalue weighted by Crippen LogP contribution is 2.30. The SMILES string of the molecule is COC(=O)C(/C=C(/C)Sc1ccccc1)Sc1ccccc1. The molecule has 0 aliphatic heterocycles. The molecule has 0 radical (unpaired) electrons. The van der Waals surface area contributed by atoms with Gasteiger partial charge in [0.05, 0.1) is 7.11 Å². The Morgan fingerprint density at radius 2 is 1.55 bits per heavy atom. The van der Waals surface area contributed by atoms with E-state index < -0.39 is 0 Å². The second kappa shape index (κ2) is 8.71. The van der Waals surface area contributed by atoms with Crippen LogP contribution in [0.25, 0.3) is 0 Å². The summed E-state index contributed by atoms with van der Waals surface area (Å²) in [6, 6.07) is 20.0. The summed E-state index contributed by atoms with van der Waals surface area (Å²) in [6.45, 7) is 2.01. The summed E-state index contributed by atoms with van der Waals surface area (Å²) in [7, 11) is 1.42. The van der Waals surface area contributed by atoms with Crippen molar-refractivity contribution in [2.45, 2.75) is 22.0 Å². The number of thioether (sulfide) groups is 2. The van der Waals surface area contributed by atoms with Crippen LogP contribution >= 0.6 is 23.5 Å². The lowest BCUT2D eigenvalue weighted by atomic mass is 10.4. The molecule has 2 rings (SSSR count). The van der Waals surface area contributed by atoms with E-state index in [1.54, 1.807) is 11.8 Å². The number of methoxy groups -OCH3 is 1. The largest absolute Gasteiger partial charge is 0.468 e. The van der Waals surface area contributed by atoms with Crippen LogP contribution in [0.5, 0.6) is 0 Å². The lowest BCUT2D eigenvalue weighted by Gasteiger charge is -2.12. The number of hydrogen-bond donors (Lipinski definition) is 0. The van der Waals surface area contributed by atoms with E-state index in [0.29, 0.717) is 0 Å². The van der Waals surface area contributed by atoms with Crippen LogP contribution in [0.4, 0.5) is 0 Å². The lowest BCUT2D eigenvalue weighted by Crippen LogP contribution is -2.16. The summed E-state index contributed by atoms with van der Waals surface area (Å²) in [4.78, 5) is 15.3. The Morgan fingerprint density at radius 1 is 1.00 bits per heavy atom. The maximum absolute atomic E-state index is 12.0. The average molecular weight is 330 g/mol. The zero-order valence-electron chi connectivity index (χ0n) is 12.6. The highest BCUT2D eigenvalue weighted by Gasteiger charge is 2.18. The van der Waals surface area contributed by atoms with E-state index in [2.05, 4.69) is 12.1 Å². The van der Waals surface area contributed by atoms with E-state index in [0.717, 1.165) is 14.7 Å². The third kappa shape index (κ3) is 5.28. The molecule has 114 valence electrons. The van der Waals surface area contributed by atoms with Crippen LogP contribution in [0.3, 0.4) is 0 Å². The Bertz CT molecular complexity index is 624. The zero-order valence-corrected chi connectivity index (χ0v) is 14.2.